The van der Waals surface area contributed by atoms with Crippen molar-refractivity contribution < 1.29 is 9.50 Å². The second-order valence-corrected chi connectivity index (χ2v) is 5.48. The SMILES string of the molecule is Oc1cc(-c2ccc(F)cc2)c(-c2ccccc2)c2cncnc12. The zero-order valence-corrected chi connectivity index (χ0v) is 12.6. The standard InChI is InChI=1S/C20H13FN2O/c21-15-8-6-13(7-9-15)16-10-18(24)20-17(11-22-12-23-20)19(16)14-4-2-1-3-5-14/h1-12,24H. The first-order valence-electron chi connectivity index (χ1n) is 7.51. The summed E-state index contributed by atoms with van der Waals surface area (Å²) in [6.45, 7) is 0. The maximum Gasteiger partial charge on any atom is 0.142 e. The number of phenolic OH excluding ortho intramolecular Hbond substituents is 1. The molecular weight excluding hydrogens is 303 g/mol. The van der Waals surface area contributed by atoms with Gasteiger partial charge >= 0.3 is 0 Å². The fourth-order valence-corrected chi connectivity index (χ4v) is 2.91. The Balaban J connectivity index is 2.11. The lowest BCUT2D eigenvalue weighted by Gasteiger charge is -2.14. The van der Waals surface area contributed by atoms with Crippen LogP contribution in [0.25, 0.3) is 33.2 Å². The molecule has 0 fully saturated rings. The third-order valence-corrected chi connectivity index (χ3v) is 3.99. The van der Waals surface area contributed by atoms with Crippen molar-refractivity contribution >= 4 is 10.9 Å². The Morgan fingerprint density at radius 2 is 1.62 bits per heavy atom. The monoisotopic (exact) mass is 316 g/mol. The number of aromatic nitrogens is 2. The highest BCUT2D eigenvalue weighted by Gasteiger charge is 2.16. The Morgan fingerprint density at radius 1 is 0.875 bits per heavy atom. The van der Waals surface area contributed by atoms with E-state index in [1.165, 1.54) is 18.5 Å². The van der Waals surface area contributed by atoms with Crippen LogP contribution in [0, 0.1) is 5.82 Å². The van der Waals surface area contributed by atoms with E-state index >= 15 is 0 Å². The fourth-order valence-electron chi connectivity index (χ4n) is 2.91. The van der Waals surface area contributed by atoms with Gasteiger partial charge in [-0.05, 0) is 34.9 Å². The maximum absolute atomic E-state index is 13.3. The molecule has 116 valence electrons. The summed E-state index contributed by atoms with van der Waals surface area (Å²) in [7, 11) is 0. The Morgan fingerprint density at radius 3 is 2.38 bits per heavy atom. The molecule has 0 aliphatic rings. The molecule has 1 heterocycles. The van der Waals surface area contributed by atoms with Gasteiger partial charge in [-0.3, -0.25) is 0 Å². The molecule has 1 N–H and O–H groups in total. The van der Waals surface area contributed by atoms with E-state index < -0.39 is 0 Å². The summed E-state index contributed by atoms with van der Waals surface area (Å²) in [4.78, 5) is 8.30. The summed E-state index contributed by atoms with van der Waals surface area (Å²) in [6, 6.07) is 17.7. The molecule has 0 saturated heterocycles. The molecule has 4 heteroatoms. The van der Waals surface area contributed by atoms with E-state index in [-0.39, 0.29) is 11.6 Å². The van der Waals surface area contributed by atoms with Gasteiger partial charge in [0.15, 0.2) is 0 Å². The topological polar surface area (TPSA) is 46.0 Å². The first-order chi connectivity index (χ1) is 11.7. The lowest BCUT2D eigenvalue weighted by molar-refractivity contribution is 0.480. The molecule has 1 aromatic heterocycles. The second kappa shape index (κ2) is 5.74. The van der Waals surface area contributed by atoms with Crippen molar-refractivity contribution in [3.63, 3.8) is 0 Å². The van der Waals surface area contributed by atoms with Gasteiger partial charge in [0, 0.05) is 17.1 Å². The Hall–Kier alpha value is -3.27. The van der Waals surface area contributed by atoms with Crippen molar-refractivity contribution in [2.24, 2.45) is 0 Å². The van der Waals surface area contributed by atoms with Crippen LogP contribution in [0.3, 0.4) is 0 Å². The van der Waals surface area contributed by atoms with Gasteiger partial charge in [-0.2, -0.15) is 0 Å². The van der Waals surface area contributed by atoms with Gasteiger partial charge < -0.3 is 5.11 Å². The highest BCUT2D eigenvalue weighted by atomic mass is 19.1. The Kier molecular flexibility index (Phi) is 3.43. The van der Waals surface area contributed by atoms with Crippen LogP contribution in [-0.4, -0.2) is 15.1 Å². The molecule has 4 rings (SSSR count). The molecule has 24 heavy (non-hydrogen) atoms. The van der Waals surface area contributed by atoms with E-state index in [0.717, 1.165) is 27.6 Å². The van der Waals surface area contributed by atoms with Crippen LogP contribution in [0.15, 0.2) is 73.2 Å². The quantitative estimate of drug-likeness (QED) is 0.577. The van der Waals surface area contributed by atoms with E-state index in [0.29, 0.717) is 5.52 Å². The van der Waals surface area contributed by atoms with E-state index in [4.69, 9.17) is 0 Å². The minimum atomic E-state index is -0.298. The number of rotatable bonds is 2. The van der Waals surface area contributed by atoms with E-state index in [2.05, 4.69) is 9.97 Å². The van der Waals surface area contributed by atoms with Crippen molar-refractivity contribution in [2.45, 2.75) is 0 Å². The Labute approximate surface area is 138 Å². The smallest absolute Gasteiger partial charge is 0.142 e. The molecule has 3 aromatic carbocycles. The molecule has 0 amide bonds. The normalized spacial score (nSPS) is 10.9. The molecular formula is C20H13FN2O. The highest BCUT2D eigenvalue weighted by molar-refractivity contribution is 6.04. The average molecular weight is 316 g/mol. The van der Waals surface area contributed by atoms with Gasteiger partial charge in [-0.1, -0.05) is 42.5 Å². The second-order valence-electron chi connectivity index (χ2n) is 5.48. The van der Waals surface area contributed by atoms with Crippen LogP contribution in [0.2, 0.25) is 0 Å². The lowest BCUT2D eigenvalue weighted by Crippen LogP contribution is -1.91. The molecule has 4 aromatic rings. The number of fused-ring (bicyclic) bond motifs is 1. The van der Waals surface area contributed by atoms with E-state index in [9.17, 15) is 9.50 Å². The minimum Gasteiger partial charge on any atom is -0.506 e. The molecule has 0 bridgehead atoms. The zero-order chi connectivity index (χ0) is 16.5. The number of halogens is 1. The number of hydrogen-bond donors (Lipinski definition) is 1. The summed E-state index contributed by atoms with van der Waals surface area (Å²) in [5, 5.41) is 11.1. The summed E-state index contributed by atoms with van der Waals surface area (Å²) in [5.74, 6) is -0.222. The maximum atomic E-state index is 13.3. The molecule has 0 spiro atoms. The molecule has 0 radical (unpaired) electrons. The van der Waals surface area contributed by atoms with Crippen molar-refractivity contribution in [1.82, 2.24) is 9.97 Å². The zero-order valence-electron chi connectivity index (χ0n) is 12.6. The highest BCUT2D eigenvalue weighted by Crippen LogP contribution is 2.41. The molecule has 3 nitrogen and oxygen atoms in total. The van der Waals surface area contributed by atoms with Crippen LogP contribution in [0.1, 0.15) is 0 Å². The fraction of sp³-hybridized carbons (Fsp3) is 0. The Bertz CT molecular complexity index is 1010. The number of aromatic hydroxyl groups is 1. The largest absolute Gasteiger partial charge is 0.506 e. The summed E-state index contributed by atoms with van der Waals surface area (Å²) in [5.41, 5.74) is 4.01. The van der Waals surface area contributed by atoms with Gasteiger partial charge in [-0.15, -0.1) is 0 Å². The third-order valence-electron chi connectivity index (χ3n) is 3.99. The van der Waals surface area contributed by atoms with Crippen molar-refractivity contribution in [3.8, 4) is 28.0 Å². The van der Waals surface area contributed by atoms with E-state index in [1.54, 1.807) is 24.4 Å². The predicted octanol–water partition coefficient (Wildman–Crippen LogP) is 4.81. The molecule has 0 aliphatic carbocycles. The first-order valence-corrected chi connectivity index (χ1v) is 7.51. The van der Waals surface area contributed by atoms with Crippen LogP contribution in [-0.2, 0) is 0 Å². The minimum absolute atomic E-state index is 0.0754. The first kappa shape index (κ1) is 14.3. The number of hydrogen-bond acceptors (Lipinski definition) is 3. The predicted molar refractivity (Wildman–Crippen MR) is 92.0 cm³/mol. The summed E-state index contributed by atoms with van der Waals surface area (Å²) >= 11 is 0. The van der Waals surface area contributed by atoms with E-state index in [1.807, 2.05) is 30.3 Å². The van der Waals surface area contributed by atoms with Crippen molar-refractivity contribution in [3.05, 3.63) is 79.0 Å². The molecule has 0 atom stereocenters. The van der Waals surface area contributed by atoms with Crippen LogP contribution in [0.4, 0.5) is 4.39 Å². The van der Waals surface area contributed by atoms with Crippen LogP contribution >= 0.6 is 0 Å². The number of benzene rings is 3. The van der Waals surface area contributed by atoms with Gasteiger partial charge in [0.05, 0.1) is 0 Å². The van der Waals surface area contributed by atoms with Crippen LogP contribution in [0.5, 0.6) is 5.75 Å². The third kappa shape index (κ3) is 2.38. The van der Waals surface area contributed by atoms with Gasteiger partial charge in [0.1, 0.15) is 23.4 Å². The number of phenols is 1. The van der Waals surface area contributed by atoms with Gasteiger partial charge in [0.25, 0.3) is 0 Å². The lowest BCUT2D eigenvalue weighted by atomic mass is 9.91. The van der Waals surface area contributed by atoms with Crippen LogP contribution < -0.4 is 0 Å². The molecule has 0 aliphatic heterocycles. The molecule has 0 saturated carbocycles. The average Bonchev–Trinajstić information content (AvgIpc) is 2.63. The van der Waals surface area contributed by atoms with Crippen molar-refractivity contribution in [2.75, 3.05) is 0 Å². The molecule has 0 unspecified atom stereocenters. The van der Waals surface area contributed by atoms with Gasteiger partial charge in [-0.25, -0.2) is 14.4 Å². The number of nitrogens with zero attached hydrogens (tertiary/aromatic N) is 2. The summed E-state index contributed by atoms with van der Waals surface area (Å²) in [6.07, 6.45) is 3.10. The summed E-state index contributed by atoms with van der Waals surface area (Å²) < 4.78 is 13.3. The van der Waals surface area contributed by atoms with Crippen molar-refractivity contribution in [1.29, 1.82) is 0 Å². The van der Waals surface area contributed by atoms with Gasteiger partial charge in [0.2, 0.25) is 0 Å².